The fourth-order valence-electron chi connectivity index (χ4n) is 3.47. The number of hydrogen-bond acceptors (Lipinski definition) is 4. The van der Waals surface area contributed by atoms with Crippen LogP contribution >= 0.6 is 23.4 Å². The molecule has 1 aromatic carbocycles. The van der Waals surface area contributed by atoms with Gasteiger partial charge in [0.1, 0.15) is 0 Å². The monoisotopic (exact) mass is 393 g/mol. The Labute approximate surface area is 162 Å². The van der Waals surface area contributed by atoms with E-state index < -0.39 is 0 Å². The third kappa shape index (κ3) is 3.91. The van der Waals surface area contributed by atoms with Crippen LogP contribution < -0.4 is 5.56 Å². The quantitative estimate of drug-likeness (QED) is 0.579. The molecule has 0 unspecified atom stereocenters. The van der Waals surface area contributed by atoms with E-state index >= 15 is 0 Å². The Morgan fingerprint density at radius 2 is 2.00 bits per heavy atom. The maximum atomic E-state index is 13.2. The first-order valence-corrected chi connectivity index (χ1v) is 10.2. The summed E-state index contributed by atoms with van der Waals surface area (Å²) in [6.07, 6.45) is 5.40. The Balaban J connectivity index is 2.11. The van der Waals surface area contributed by atoms with E-state index in [1.54, 1.807) is 37.2 Å². The van der Waals surface area contributed by atoms with Crippen LogP contribution in [0.1, 0.15) is 45.1 Å². The summed E-state index contributed by atoms with van der Waals surface area (Å²) in [7, 11) is 3.47. The molecule has 0 spiro atoms. The lowest BCUT2D eigenvalue weighted by Crippen LogP contribution is -2.32. The van der Waals surface area contributed by atoms with E-state index in [9.17, 15) is 9.59 Å². The summed E-state index contributed by atoms with van der Waals surface area (Å²) in [5.41, 5.74) is 0.548. The smallest absolute Gasteiger partial charge is 0.262 e. The van der Waals surface area contributed by atoms with E-state index in [2.05, 4.69) is 0 Å². The molecule has 2 aromatic rings. The summed E-state index contributed by atoms with van der Waals surface area (Å²) in [5, 5.41) is 1.42. The van der Waals surface area contributed by atoms with Crippen molar-refractivity contribution in [1.29, 1.82) is 0 Å². The predicted molar refractivity (Wildman–Crippen MR) is 107 cm³/mol. The molecule has 1 aliphatic carbocycles. The van der Waals surface area contributed by atoms with Crippen molar-refractivity contribution in [3.05, 3.63) is 33.6 Å². The van der Waals surface area contributed by atoms with Crippen LogP contribution in [-0.2, 0) is 4.79 Å². The molecule has 1 fully saturated rings. The average Bonchev–Trinajstić information content (AvgIpc) is 2.61. The molecule has 0 saturated heterocycles. The van der Waals surface area contributed by atoms with Gasteiger partial charge in [0.25, 0.3) is 5.56 Å². The standard InChI is InChI=1S/C19H24ClN3O2S/c1-12(17(24)22(2)3)26-19-21-16-11-13(20)9-10-15(16)18(25)23(19)14-7-5-4-6-8-14/h9-12,14H,4-8H2,1-3H3/t12-/m0/s1. The van der Waals surface area contributed by atoms with Crippen LogP contribution in [0.2, 0.25) is 5.02 Å². The first-order valence-electron chi connectivity index (χ1n) is 8.98. The van der Waals surface area contributed by atoms with Gasteiger partial charge in [0, 0.05) is 25.2 Å². The Bertz CT molecular complexity index is 875. The molecule has 3 rings (SSSR count). The van der Waals surface area contributed by atoms with Crippen molar-refractivity contribution in [2.45, 2.75) is 55.5 Å². The van der Waals surface area contributed by atoms with E-state index in [1.807, 2.05) is 11.5 Å². The van der Waals surface area contributed by atoms with Gasteiger partial charge < -0.3 is 4.90 Å². The Morgan fingerprint density at radius 1 is 1.31 bits per heavy atom. The van der Waals surface area contributed by atoms with Crippen molar-refractivity contribution in [1.82, 2.24) is 14.5 Å². The minimum absolute atomic E-state index is 0.00522. The van der Waals surface area contributed by atoms with Gasteiger partial charge in [-0.1, -0.05) is 42.6 Å². The molecule has 0 aliphatic heterocycles. The van der Waals surface area contributed by atoms with E-state index in [0.717, 1.165) is 25.7 Å². The fourth-order valence-corrected chi connectivity index (χ4v) is 4.76. The molecule has 1 saturated carbocycles. The highest BCUT2D eigenvalue weighted by atomic mass is 35.5. The van der Waals surface area contributed by atoms with Crippen LogP contribution in [0.15, 0.2) is 28.2 Å². The van der Waals surface area contributed by atoms with Gasteiger partial charge in [0.05, 0.1) is 16.2 Å². The summed E-state index contributed by atoms with van der Waals surface area (Å²) in [5.74, 6) is 0.00522. The number of carbonyl (C=O) groups excluding carboxylic acids is 1. The third-order valence-corrected chi connectivity index (χ3v) is 6.13. The lowest BCUT2D eigenvalue weighted by atomic mass is 9.95. The first-order chi connectivity index (χ1) is 12.4. The lowest BCUT2D eigenvalue weighted by molar-refractivity contribution is -0.127. The van der Waals surface area contributed by atoms with Crippen molar-refractivity contribution in [3.63, 3.8) is 0 Å². The second-order valence-corrected chi connectivity index (χ2v) is 8.76. The van der Waals surface area contributed by atoms with E-state index in [-0.39, 0.29) is 22.8 Å². The zero-order chi connectivity index (χ0) is 18.8. The van der Waals surface area contributed by atoms with Crippen molar-refractivity contribution < 1.29 is 4.79 Å². The van der Waals surface area contributed by atoms with Gasteiger partial charge in [0.15, 0.2) is 5.16 Å². The first kappa shape index (κ1) is 19.2. The third-order valence-electron chi connectivity index (χ3n) is 4.84. The Kier molecular flexibility index (Phi) is 5.92. The summed E-state index contributed by atoms with van der Waals surface area (Å²) >= 11 is 7.45. The zero-order valence-corrected chi connectivity index (χ0v) is 16.9. The van der Waals surface area contributed by atoms with Crippen LogP contribution in [0.4, 0.5) is 0 Å². The molecule has 1 aromatic heterocycles. The van der Waals surface area contributed by atoms with Crippen molar-refractivity contribution >= 4 is 40.2 Å². The zero-order valence-electron chi connectivity index (χ0n) is 15.4. The summed E-state index contributed by atoms with van der Waals surface area (Å²) in [4.78, 5) is 31.8. The van der Waals surface area contributed by atoms with Gasteiger partial charge >= 0.3 is 0 Å². The molecular weight excluding hydrogens is 370 g/mol. The molecular formula is C19H24ClN3O2S. The molecule has 1 aliphatic rings. The highest BCUT2D eigenvalue weighted by Crippen LogP contribution is 2.32. The number of carbonyl (C=O) groups is 1. The number of amides is 1. The van der Waals surface area contributed by atoms with Crippen LogP contribution in [0.25, 0.3) is 10.9 Å². The van der Waals surface area contributed by atoms with Crippen molar-refractivity contribution in [2.24, 2.45) is 0 Å². The molecule has 0 N–H and O–H groups in total. The van der Waals surface area contributed by atoms with Crippen LogP contribution in [0, 0.1) is 0 Å². The molecule has 0 bridgehead atoms. The second kappa shape index (κ2) is 8.01. The SMILES string of the molecule is C[C@H](Sc1nc2cc(Cl)ccc2c(=O)n1C1CCCCC1)C(=O)N(C)C. The number of halogens is 1. The summed E-state index contributed by atoms with van der Waals surface area (Å²) in [6, 6.07) is 5.33. The number of nitrogens with zero attached hydrogens (tertiary/aromatic N) is 3. The highest BCUT2D eigenvalue weighted by molar-refractivity contribution is 8.00. The number of fused-ring (bicyclic) bond motifs is 1. The van der Waals surface area contributed by atoms with Gasteiger partial charge in [-0.15, -0.1) is 0 Å². The summed E-state index contributed by atoms with van der Waals surface area (Å²) in [6.45, 7) is 1.85. The fraction of sp³-hybridized carbons (Fsp3) is 0.526. The van der Waals surface area contributed by atoms with E-state index in [0.29, 0.717) is 21.1 Å². The van der Waals surface area contributed by atoms with Crippen LogP contribution in [0.3, 0.4) is 0 Å². The van der Waals surface area contributed by atoms with Gasteiger partial charge in [-0.05, 0) is 38.0 Å². The molecule has 26 heavy (non-hydrogen) atoms. The van der Waals surface area contributed by atoms with Gasteiger partial charge in [-0.3, -0.25) is 14.2 Å². The number of thioether (sulfide) groups is 1. The van der Waals surface area contributed by atoms with Gasteiger partial charge in [0.2, 0.25) is 5.91 Å². The molecule has 0 radical (unpaired) electrons. The number of hydrogen-bond donors (Lipinski definition) is 0. The van der Waals surface area contributed by atoms with Crippen LogP contribution in [-0.4, -0.2) is 39.7 Å². The molecule has 1 heterocycles. The minimum Gasteiger partial charge on any atom is -0.348 e. The summed E-state index contributed by atoms with van der Waals surface area (Å²) < 4.78 is 1.82. The lowest BCUT2D eigenvalue weighted by Gasteiger charge is -2.27. The number of benzene rings is 1. The van der Waals surface area contributed by atoms with Crippen LogP contribution in [0.5, 0.6) is 0 Å². The average molecular weight is 394 g/mol. The van der Waals surface area contributed by atoms with E-state index in [1.165, 1.54) is 18.2 Å². The minimum atomic E-state index is -0.316. The van der Waals surface area contributed by atoms with Gasteiger partial charge in [-0.25, -0.2) is 4.98 Å². The second-order valence-electron chi connectivity index (χ2n) is 7.02. The molecule has 1 atom stereocenters. The van der Waals surface area contributed by atoms with E-state index in [4.69, 9.17) is 16.6 Å². The number of aromatic nitrogens is 2. The molecule has 7 heteroatoms. The molecule has 5 nitrogen and oxygen atoms in total. The Morgan fingerprint density at radius 3 is 2.65 bits per heavy atom. The maximum Gasteiger partial charge on any atom is 0.262 e. The predicted octanol–water partition coefficient (Wildman–Crippen LogP) is 4.12. The maximum absolute atomic E-state index is 13.2. The van der Waals surface area contributed by atoms with Crippen molar-refractivity contribution in [2.75, 3.05) is 14.1 Å². The highest BCUT2D eigenvalue weighted by Gasteiger charge is 2.25. The van der Waals surface area contributed by atoms with Crippen molar-refractivity contribution in [3.8, 4) is 0 Å². The van der Waals surface area contributed by atoms with Gasteiger partial charge in [-0.2, -0.15) is 0 Å². The topological polar surface area (TPSA) is 55.2 Å². The molecule has 140 valence electrons. The largest absolute Gasteiger partial charge is 0.348 e. The Hall–Kier alpha value is -1.53. The number of rotatable bonds is 4. The molecule has 1 amide bonds. The normalized spacial score (nSPS) is 16.6.